The van der Waals surface area contributed by atoms with Gasteiger partial charge in [-0.15, -0.1) is 0 Å². The highest BCUT2D eigenvalue weighted by Gasteiger charge is 2.32. The lowest BCUT2D eigenvalue weighted by atomic mass is 9.74. The molecule has 2 heterocycles. The van der Waals surface area contributed by atoms with Gasteiger partial charge in [-0.2, -0.15) is 0 Å². The van der Waals surface area contributed by atoms with Crippen molar-refractivity contribution in [3.63, 3.8) is 0 Å². The Hall–Kier alpha value is -1.58. The molecule has 0 spiro atoms. The molecule has 1 N–H and O–H groups in total. The molecule has 0 saturated carbocycles. The summed E-state index contributed by atoms with van der Waals surface area (Å²) in [5, 5.41) is 9.32. The highest BCUT2D eigenvalue weighted by Crippen LogP contribution is 2.39. The molecule has 0 unspecified atom stereocenters. The summed E-state index contributed by atoms with van der Waals surface area (Å²) in [7, 11) is 0. The first kappa shape index (κ1) is 14.8. The fourth-order valence-corrected chi connectivity index (χ4v) is 3.10. The molecule has 0 amide bonds. The zero-order chi connectivity index (χ0) is 14.8. The number of aryl methyl sites for hydroxylation is 1. The molecule has 0 bridgehead atoms. The van der Waals surface area contributed by atoms with Crippen LogP contribution in [0.1, 0.15) is 55.6 Å². The van der Waals surface area contributed by atoms with Crippen molar-refractivity contribution in [2.45, 2.75) is 46.5 Å². The number of nitrogens with zero attached hydrogens (tertiary/aromatic N) is 2. The number of carboxylic acids is 1. The predicted molar refractivity (Wildman–Crippen MR) is 80.4 cm³/mol. The highest BCUT2D eigenvalue weighted by atomic mass is 16.4. The molecule has 4 heteroatoms. The maximum atomic E-state index is 11.3. The van der Waals surface area contributed by atoms with Crippen molar-refractivity contribution in [3.05, 3.63) is 23.4 Å². The van der Waals surface area contributed by atoms with E-state index in [1.807, 2.05) is 6.92 Å². The number of aromatic carboxylic acids is 1. The van der Waals surface area contributed by atoms with Crippen LogP contribution in [0.2, 0.25) is 0 Å². The van der Waals surface area contributed by atoms with Gasteiger partial charge in [0, 0.05) is 18.8 Å². The maximum absolute atomic E-state index is 11.3. The minimum Gasteiger partial charge on any atom is -0.478 e. The third-order valence-corrected chi connectivity index (χ3v) is 4.87. The lowest BCUT2D eigenvalue weighted by Gasteiger charge is -2.41. The zero-order valence-corrected chi connectivity index (χ0v) is 12.6. The quantitative estimate of drug-likeness (QED) is 0.914. The molecule has 0 atom stereocenters. The van der Waals surface area contributed by atoms with Crippen molar-refractivity contribution in [3.8, 4) is 0 Å². The minimum atomic E-state index is -0.893. The van der Waals surface area contributed by atoms with E-state index in [0.717, 1.165) is 31.6 Å². The minimum absolute atomic E-state index is 0.316. The molecule has 1 aliphatic heterocycles. The second-order valence-electron chi connectivity index (χ2n) is 5.82. The van der Waals surface area contributed by atoms with E-state index in [9.17, 15) is 9.90 Å². The van der Waals surface area contributed by atoms with Crippen LogP contribution in [0.4, 0.5) is 5.82 Å². The van der Waals surface area contributed by atoms with Crippen molar-refractivity contribution in [2.75, 3.05) is 18.0 Å². The van der Waals surface area contributed by atoms with Crippen LogP contribution >= 0.6 is 0 Å². The van der Waals surface area contributed by atoms with Crippen molar-refractivity contribution in [1.82, 2.24) is 4.98 Å². The zero-order valence-electron chi connectivity index (χ0n) is 12.6. The number of hydrogen-bond donors (Lipinski definition) is 1. The largest absolute Gasteiger partial charge is 0.478 e. The Morgan fingerprint density at radius 2 is 1.90 bits per heavy atom. The van der Waals surface area contributed by atoms with Gasteiger partial charge >= 0.3 is 5.97 Å². The van der Waals surface area contributed by atoms with Gasteiger partial charge < -0.3 is 10.0 Å². The fourth-order valence-electron chi connectivity index (χ4n) is 3.10. The summed E-state index contributed by atoms with van der Waals surface area (Å²) in [6.45, 7) is 8.22. The molecule has 20 heavy (non-hydrogen) atoms. The monoisotopic (exact) mass is 276 g/mol. The van der Waals surface area contributed by atoms with Crippen molar-refractivity contribution in [2.24, 2.45) is 5.41 Å². The average Bonchev–Trinajstić information content (AvgIpc) is 2.47. The van der Waals surface area contributed by atoms with Gasteiger partial charge in [0.05, 0.1) is 0 Å². The van der Waals surface area contributed by atoms with E-state index in [-0.39, 0.29) is 0 Å². The topological polar surface area (TPSA) is 53.4 Å². The van der Waals surface area contributed by atoms with Gasteiger partial charge in [0.25, 0.3) is 0 Å². The fraction of sp³-hybridized carbons (Fsp3) is 0.625. The first-order valence-electron chi connectivity index (χ1n) is 7.47. The smallest absolute Gasteiger partial charge is 0.339 e. The summed E-state index contributed by atoms with van der Waals surface area (Å²) in [5.74, 6) is -0.256. The van der Waals surface area contributed by atoms with Crippen molar-refractivity contribution in [1.29, 1.82) is 0 Å². The Morgan fingerprint density at radius 3 is 2.40 bits per heavy atom. The Balaban J connectivity index is 2.22. The van der Waals surface area contributed by atoms with E-state index in [2.05, 4.69) is 23.7 Å². The van der Waals surface area contributed by atoms with E-state index < -0.39 is 5.97 Å². The molecule has 0 radical (unpaired) electrons. The first-order valence-corrected chi connectivity index (χ1v) is 7.47. The van der Waals surface area contributed by atoms with E-state index in [1.54, 1.807) is 12.1 Å². The summed E-state index contributed by atoms with van der Waals surface area (Å²) >= 11 is 0. The number of rotatable bonds is 4. The maximum Gasteiger partial charge on any atom is 0.339 e. The van der Waals surface area contributed by atoms with Crippen LogP contribution in [0.15, 0.2) is 12.1 Å². The summed E-state index contributed by atoms with van der Waals surface area (Å²) in [5.41, 5.74) is 1.62. The number of pyridine rings is 1. The molecule has 1 saturated heterocycles. The van der Waals surface area contributed by atoms with Gasteiger partial charge in [0.2, 0.25) is 0 Å². The number of anilines is 1. The van der Waals surface area contributed by atoms with Crippen LogP contribution in [-0.4, -0.2) is 29.1 Å². The van der Waals surface area contributed by atoms with Gasteiger partial charge in [0.15, 0.2) is 0 Å². The molecular formula is C16H24N2O2. The van der Waals surface area contributed by atoms with Crippen LogP contribution < -0.4 is 4.90 Å². The first-order chi connectivity index (χ1) is 9.51. The lowest BCUT2D eigenvalue weighted by Crippen LogP contribution is -2.40. The summed E-state index contributed by atoms with van der Waals surface area (Å²) < 4.78 is 0. The number of carboxylic acid groups (broad SMARTS) is 1. The normalized spacial score (nSPS) is 18.1. The van der Waals surface area contributed by atoms with Gasteiger partial charge in [-0.3, -0.25) is 0 Å². The van der Waals surface area contributed by atoms with Gasteiger partial charge in [0.1, 0.15) is 11.4 Å². The Kier molecular flexibility index (Phi) is 4.31. The second-order valence-corrected chi connectivity index (χ2v) is 5.82. The third kappa shape index (κ3) is 2.79. The third-order valence-electron chi connectivity index (χ3n) is 4.87. The van der Waals surface area contributed by atoms with Crippen LogP contribution in [0.5, 0.6) is 0 Å². The molecule has 1 fully saturated rings. The SMILES string of the molecule is CCC1(CC)CCN(c2nc(C)ccc2C(=O)O)CC1. The summed E-state index contributed by atoms with van der Waals surface area (Å²) in [6.07, 6.45) is 4.64. The highest BCUT2D eigenvalue weighted by molar-refractivity contribution is 5.93. The summed E-state index contributed by atoms with van der Waals surface area (Å²) in [6, 6.07) is 3.43. The van der Waals surface area contributed by atoms with Crippen molar-refractivity contribution >= 4 is 11.8 Å². The van der Waals surface area contributed by atoms with Crippen LogP contribution in [0, 0.1) is 12.3 Å². The number of carbonyl (C=O) groups is 1. The molecule has 4 nitrogen and oxygen atoms in total. The Morgan fingerprint density at radius 1 is 1.30 bits per heavy atom. The standard InChI is InChI=1S/C16H24N2O2/c1-4-16(5-2)8-10-18(11-9-16)14-13(15(19)20)7-6-12(3)17-14/h6-7H,4-5,8-11H2,1-3H3,(H,19,20). The molecule has 1 aromatic heterocycles. The van der Waals surface area contributed by atoms with Crippen LogP contribution in [-0.2, 0) is 0 Å². The summed E-state index contributed by atoms with van der Waals surface area (Å²) in [4.78, 5) is 18.0. The van der Waals surface area contributed by atoms with Crippen LogP contribution in [0.3, 0.4) is 0 Å². The number of aromatic nitrogens is 1. The lowest BCUT2D eigenvalue weighted by molar-refractivity contribution is 0.0697. The van der Waals surface area contributed by atoms with E-state index >= 15 is 0 Å². The van der Waals surface area contributed by atoms with Crippen molar-refractivity contribution < 1.29 is 9.90 Å². The number of piperidine rings is 1. The predicted octanol–water partition coefficient (Wildman–Crippen LogP) is 3.49. The van der Waals surface area contributed by atoms with E-state index in [0.29, 0.717) is 16.8 Å². The Labute approximate surface area is 120 Å². The molecule has 1 aliphatic rings. The molecule has 1 aromatic rings. The second kappa shape index (κ2) is 5.81. The number of hydrogen-bond acceptors (Lipinski definition) is 3. The Bertz CT molecular complexity index is 485. The van der Waals surface area contributed by atoms with E-state index in [4.69, 9.17) is 0 Å². The molecular weight excluding hydrogens is 252 g/mol. The average molecular weight is 276 g/mol. The van der Waals surface area contributed by atoms with Crippen LogP contribution in [0.25, 0.3) is 0 Å². The molecule has 2 rings (SSSR count). The molecule has 110 valence electrons. The van der Waals surface area contributed by atoms with Gasteiger partial charge in [-0.05, 0) is 37.3 Å². The van der Waals surface area contributed by atoms with Gasteiger partial charge in [-0.25, -0.2) is 9.78 Å². The molecule has 0 aromatic carbocycles. The van der Waals surface area contributed by atoms with E-state index in [1.165, 1.54) is 12.8 Å². The molecule has 0 aliphatic carbocycles. The van der Waals surface area contributed by atoms with Gasteiger partial charge in [-0.1, -0.05) is 26.7 Å².